The summed E-state index contributed by atoms with van der Waals surface area (Å²) in [7, 11) is 0. The van der Waals surface area contributed by atoms with Crippen LogP contribution in [0.25, 0.3) is 6.08 Å². The summed E-state index contributed by atoms with van der Waals surface area (Å²) >= 11 is 1.21. The van der Waals surface area contributed by atoms with Crippen LogP contribution in [0.4, 0.5) is 5.69 Å². The number of non-ortho nitro benzene ring substituents is 1. The first-order chi connectivity index (χ1) is 15.1. The van der Waals surface area contributed by atoms with Crippen molar-refractivity contribution in [1.29, 1.82) is 0 Å². The summed E-state index contributed by atoms with van der Waals surface area (Å²) in [4.78, 5) is 25.4. The third-order valence-electron chi connectivity index (χ3n) is 4.31. The van der Waals surface area contributed by atoms with E-state index < -0.39 is 4.92 Å². The highest BCUT2D eigenvalue weighted by atomic mass is 32.2. The number of rotatable bonds is 6. The normalized spacial score (nSPS) is 16.6. The van der Waals surface area contributed by atoms with Crippen molar-refractivity contribution in [1.82, 2.24) is 4.90 Å². The second-order valence-electron chi connectivity index (χ2n) is 6.47. The van der Waals surface area contributed by atoms with E-state index in [1.807, 2.05) is 30.3 Å². The van der Waals surface area contributed by atoms with E-state index in [0.29, 0.717) is 21.4 Å². The van der Waals surface area contributed by atoms with Gasteiger partial charge < -0.3 is 4.42 Å². The molecule has 0 unspecified atom stereocenters. The van der Waals surface area contributed by atoms with Gasteiger partial charge in [-0.1, -0.05) is 42.5 Å². The number of hydrogen-bond acceptors (Lipinski definition) is 7. The number of nitrogens with zero attached hydrogens (tertiary/aromatic N) is 4. The smallest absolute Gasteiger partial charge is 0.270 e. The average Bonchev–Trinajstić information content (AvgIpc) is 3.39. The number of nitro benzene ring substituents is 1. The highest BCUT2D eigenvalue weighted by Gasteiger charge is 2.34. The van der Waals surface area contributed by atoms with E-state index >= 15 is 0 Å². The molecular formula is C22H16N4O4S. The summed E-state index contributed by atoms with van der Waals surface area (Å²) in [5, 5.41) is 19.6. The Morgan fingerprint density at radius 2 is 1.87 bits per heavy atom. The van der Waals surface area contributed by atoms with Crippen LogP contribution in [-0.4, -0.2) is 27.1 Å². The summed E-state index contributed by atoms with van der Waals surface area (Å²) in [6.45, 7) is 0.218. The topological polar surface area (TPSA) is 101 Å². The maximum Gasteiger partial charge on any atom is 0.270 e. The Hall–Kier alpha value is -3.98. The SMILES string of the molecule is O=C1/C(=C/c2ccccc2)S/C(=N\N=C\c2cccc([N+](=O)[O-])c2)N1Cc1ccco1. The van der Waals surface area contributed by atoms with Gasteiger partial charge in [0.15, 0.2) is 5.17 Å². The number of furan rings is 1. The lowest BCUT2D eigenvalue weighted by atomic mass is 10.2. The average molecular weight is 432 g/mol. The Labute approximate surface area is 181 Å². The third-order valence-corrected chi connectivity index (χ3v) is 5.31. The van der Waals surface area contributed by atoms with Gasteiger partial charge in [0.25, 0.3) is 11.6 Å². The van der Waals surface area contributed by atoms with Crippen LogP contribution >= 0.6 is 11.8 Å². The number of thioether (sulfide) groups is 1. The molecule has 2 heterocycles. The lowest BCUT2D eigenvalue weighted by molar-refractivity contribution is -0.384. The fraction of sp³-hybridized carbons (Fsp3) is 0.0455. The molecule has 0 atom stereocenters. The van der Waals surface area contributed by atoms with Crippen LogP contribution in [0.5, 0.6) is 0 Å². The van der Waals surface area contributed by atoms with Crippen LogP contribution in [0.2, 0.25) is 0 Å². The van der Waals surface area contributed by atoms with Crippen molar-refractivity contribution in [2.75, 3.05) is 0 Å². The van der Waals surface area contributed by atoms with E-state index in [0.717, 1.165) is 5.56 Å². The van der Waals surface area contributed by atoms with Crippen LogP contribution in [0, 0.1) is 10.1 Å². The van der Waals surface area contributed by atoms with Crippen LogP contribution in [0.1, 0.15) is 16.9 Å². The van der Waals surface area contributed by atoms with Gasteiger partial charge in [-0.2, -0.15) is 5.10 Å². The molecule has 0 N–H and O–H groups in total. The van der Waals surface area contributed by atoms with Crippen molar-refractivity contribution in [2.45, 2.75) is 6.54 Å². The van der Waals surface area contributed by atoms with E-state index in [-0.39, 0.29) is 18.1 Å². The van der Waals surface area contributed by atoms with Gasteiger partial charge in [0.1, 0.15) is 5.76 Å². The maximum atomic E-state index is 13.0. The molecule has 1 fully saturated rings. The molecule has 0 aliphatic carbocycles. The van der Waals surface area contributed by atoms with Crippen LogP contribution in [-0.2, 0) is 11.3 Å². The van der Waals surface area contributed by atoms with Gasteiger partial charge in [0.05, 0.1) is 28.9 Å². The quantitative estimate of drug-likeness (QED) is 0.243. The molecule has 1 aliphatic rings. The lowest BCUT2D eigenvalue weighted by Crippen LogP contribution is -2.28. The van der Waals surface area contributed by atoms with Gasteiger partial charge in [0.2, 0.25) is 0 Å². The first-order valence-electron chi connectivity index (χ1n) is 9.24. The predicted molar refractivity (Wildman–Crippen MR) is 119 cm³/mol. The van der Waals surface area contributed by atoms with Crippen LogP contribution in [0.15, 0.2) is 92.5 Å². The Morgan fingerprint density at radius 1 is 1.06 bits per heavy atom. The first-order valence-corrected chi connectivity index (χ1v) is 10.1. The third kappa shape index (κ3) is 4.96. The first kappa shape index (κ1) is 20.3. The van der Waals surface area contributed by atoms with Crippen LogP contribution in [0.3, 0.4) is 0 Å². The minimum absolute atomic E-state index is 0.0328. The number of hydrogen-bond donors (Lipinski definition) is 0. The Bertz CT molecular complexity index is 1190. The van der Waals surface area contributed by atoms with Gasteiger partial charge in [0, 0.05) is 17.7 Å². The Balaban J connectivity index is 1.61. The zero-order valence-electron chi connectivity index (χ0n) is 16.1. The molecule has 3 aromatic rings. The van der Waals surface area contributed by atoms with Gasteiger partial charge in [-0.25, -0.2) is 0 Å². The molecule has 9 heteroatoms. The minimum Gasteiger partial charge on any atom is -0.467 e. The zero-order chi connectivity index (χ0) is 21.6. The molecule has 0 saturated carbocycles. The summed E-state index contributed by atoms with van der Waals surface area (Å²) in [6.07, 6.45) is 4.75. The van der Waals surface area contributed by atoms with E-state index in [1.54, 1.807) is 36.6 Å². The lowest BCUT2D eigenvalue weighted by Gasteiger charge is -2.12. The number of nitro groups is 1. The minimum atomic E-state index is -0.472. The van der Waals surface area contributed by atoms with Gasteiger partial charge in [-0.15, -0.1) is 5.10 Å². The monoisotopic (exact) mass is 432 g/mol. The van der Waals surface area contributed by atoms with Gasteiger partial charge in [-0.3, -0.25) is 19.8 Å². The number of carbonyl (C=O) groups excluding carboxylic acids is 1. The van der Waals surface area contributed by atoms with Gasteiger partial charge in [-0.05, 0) is 35.5 Å². The molecule has 1 saturated heterocycles. The number of carbonyl (C=O) groups is 1. The van der Waals surface area contributed by atoms with Crippen molar-refractivity contribution >= 4 is 40.8 Å². The molecule has 0 bridgehead atoms. The summed E-state index contributed by atoms with van der Waals surface area (Å²) in [6, 6.07) is 19.1. The Kier molecular flexibility index (Phi) is 6.04. The van der Waals surface area contributed by atoms with Gasteiger partial charge >= 0.3 is 0 Å². The second kappa shape index (κ2) is 9.23. The van der Waals surface area contributed by atoms with E-state index in [2.05, 4.69) is 10.2 Å². The molecule has 2 aromatic carbocycles. The molecule has 0 spiro atoms. The summed E-state index contributed by atoms with van der Waals surface area (Å²) in [5.41, 5.74) is 1.40. The highest BCUT2D eigenvalue weighted by molar-refractivity contribution is 8.18. The van der Waals surface area contributed by atoms with Crippen molar-refractivity contribution in [3.8, 4) is 0 Å². The fourth-order valence-electron chi connectivity index (χ4n) is 2.84. The van der Waals surface area contributed by atoms with Crippen molar-refractivity contribution < 1.29 is 14.1 Å². The van der Waals surface area contributed by atoms with E-state index in [9.17, 15) is 14.9 Å². The number of amides is 1. The molecule has 154 valence electrons. The maximum absolute atomic E-state index is 13.0. The van der Waals surface area contributed by atoms with Crippen molar-refractivity contribution in [3.63, 3.8) is 0 Å². The summed E-state index contributed by atoms with van der Waals surface area (Å²) in [5.74, 6) is 0.417. The molecule has 1 aromatic heterocycles. The molecule has 1 amide bonds. The summed E-state index contributed by atoms with van der Waals surface area (Å²) < 4.78 is 5.38. The highest BCUT2D eigenvalue weighted by Crippen LogP contribution is 2.33. The molecule has 8 nitrogen and oxygen atoms in total. The van der Waals surface area contributed by atoms with Crippen LogP contribution < -0.4 is 0 Å². The molecule has 31 heavy (non-hydrogen) atoms. The number of benzene rings is 2. The van der Waals surface area contributed by atoms with Crippen molar-refractivity contribution in [2.24, 2.45) is 10.2 Å². The predicted octanol–water partition coefficient (Wildman–Crippen LogP) is 4.69. The molecule has 4 rings (SSSR count). The Morgan fingerprint density at radius 3 is 2.61 bits per heavy atom. The van der Waals surface area contributed by atoms with Crippen molar-refractivity contribution in [3.05, 3.63) is 105 Å². The largest absolute Gasteiger partial charge is 0.467 e. The van der Waals surface area contributed by atoms with E-state index in [4.69, 9.17) is 4.42 Å². The van der Waals surface area contributed by atoms with E-state index in [1.165, 1.54) is 35.0 Å². The molecule has 1 aliphatic heterocycles. The number of amidine groups is 1. The fourth-order valence-corrected chi connectivity index (χ4v) is 3.78. The molecule has 0 radical (unpaired) electrons. The standard InChI is InChI=1S/C22H16N4O4S/c27-21-20(13-16-6-2-1-3-7-16)31-22(25(21)15-19-10-5-11-30-19)24-23-14-17-8-4-9-18(12-17)26(28)29/h1-14H,15H2/b20-13-,23-14+,24-22-. The zero-order valence-corrected chi connectivity index (χ0v) is 16.9. The second-order valence-corrected chi connectivity index (χ2v) is 7.48. The molecular weight excluding hydrogens is 416 g/mol.